The van der Waals surface area contributed by atoms with Crippen molar-refractivity contribution in [1.29, 1.82) is 0 Å². The van der Waals surface area contributed by atoms with Crippen LogP contribution >= 0.6 is 23.4 Å². The Balaban J connectivity index is 1.19. The molecule has 3 saturated heterocycles. The van der Waals surface area contributed by atoms with Gasteiger partial charge in [0.2, 0.25) is 0 Å². The van der Waals surface area contributed by atoms with Crippen LogP contribution in [0.15, 0.2) is 4.79 Å². The van der Waals surface area contributed by atoms with Gasteiger partial charge in [-0.2, -0.15) is 11.8 Å². The zero-order chi connectivity index (χ0) is 28.0. The number of carboxylic acids is 1. The molecule has 1 saturated carbocycles. The molecule has 9 atom stereocenters. The first-order valence-electron chi connectivity index (χ1n) is 15.0. The number of aryl methyl sites for hydroxylation is 2. The fourth-order valence-corrected chi connectivity index (χ4v) is 10.2. The van der Waals surface area contributed by atoms with E-state index in [9.17, 15) is 19.1 Å². The van der Waals surface area contributed by atoms with Crippen LogP contribution in [0.25, 0.3) is 0 Å². The number of thioether (sulfide) groups is 1. The van der Waals surface area contributed by atoms with E-state index in [1.54, 1.807) is 16.3 Å². The third-order valence-corrected chi connectivity index (χ3v) is 12.1. The molecule has 218 valence electrons. The van der Waals surface area contributed by atoms with Crippen molar-refractivity contribution in [2.45, 2.75) is 93.7 Å². The van der Waals surface area contributed by atoms with Crippen molar-refractivity contribution in [3.8, 4) is 11.8 Å². The molecule has 3 aliphatic heterocycles. The van der Waals surface area contributed by atoms with E-state index in [0.29, 0.717) is 49.3 Å². The average Bonchev–Trinajstić information content (AvgIpc) is 3.57. The summed E-state index contributed by atoms with van der Waals surface area (Å²) in [5, 5.41) is 13.6. The fraction of sp³-hybridized carbons (Fsp3) is 0.767. The number of nitrogens with zero attached hydrogens (tertiary/aromatic N) is 3. The number of alkyl halides is 2. The van der Waals surface area contributed by atoms with E-state index in [0.717, 1.165) is 62.9 Å². The van der Waals surface area contributed by atoms with Crippen LogP contribution in [0.4, 0.5) is 4.39 Å². The van der Waals surface area contributed by atoms with Gasteiger partial charge in [0.1, 0.15) is 12.0 Å². The van der Waals surface area contributed by atoms with Gasteiger partial charge in [0.25, 0.3) is 5.56 Å². The molecule has 1 aromatic heterocycles. The van der Waals surface area contributed by atoms with Gasteiger partial charge in [0.15, 0.2) is 0 Å². The number of hydrogen-bond donors (Lipinski definition) is 2. The molecule has 0 amide bonds. The van der Waals surface area contributed by atoms with Crippen LogP contribution in [0.1, 0.15) is 55.6 Å². The Morgan fingerprint density at radius 1 is 1.25 bits per heavy atom. The summed E-state index contributed by atoms with van der Waals surface area (Å²) in [5.41, 5.74) is 1.67. The van der Waals surface area contributed by atoms with E-state index in [4.69, 9.17) is 16.6 Å². The van der Waals surface area contributed by atoms with Crippen LogP contribution in [-0.4, -0.2) is 79.8 Å². The van der Waals surface area contributed by atoms with Gasteiger partial charge in [0, 0.05) is 53.0 Å². The van der Waals surface area contributed by atoms with Crippen molar-refractivity contribution in [3.63, 3.8) is 0 Å². The number of carbonyl (C=O) groups is 1. The first-order valence-corrected chi connectivity index (χ1v) is 16.5. The quantitative estimate of drug-likeness (QED) is 0.411. The summed E-state index contributed by atoms with van der Waals surface area (Å²) in [6.45, 7) is 4.27. The number of hydrogen-bond acceptors (Lipinski definition) is 6. The molecule has 0 spiro atoms. The summed E-state index contributed by atoms with van der Waals surface area (Å²) in [7, 11) is 0. The summed E-state index contributed by atoms with van der Waals surface area (Å²) in [6.07, 6.45) is 5.93. The highest BCUT2D eigenvalue weighted by Crippen LogP contribution is 2.48. The zero-order valence-corrected chi connectivity index (χ0v) is 24.7. The number of aromatic nitrogens is 2. The summed E-state index contributed by atoms with van der Waals surface area (Å²) >= 11 is 8.48. The van der Waals surface area contributed by atoms with Gasteiger partial charge in [-0.05, 0) is 76.7 Å². The summed E-state index contributed by atoms with van der Waals surface area (Å²) in [5.74, 6) is 8.13. The number of halogens is 2. The van der Waals surface area contributed by atoms with Crippen molar-refractivity contribution >= 4 is 29.3 Å². The van der Waals surface area contributed by atoms with E-state index < -0.39 is 12.1 Å². The highest BCUT2D eigenvalue weighted by Gasteiger charge is 2.50. The lowest BCUT2D eigenvalue weighted by atomic mass is 9.68. The van der Waals surface area contributed by atoms with Gasteiger partial charge in [-0.25, -0.2) is 9.37 Å². The van der Waals surface area contributed by atoms with Crippen LogP contribution in [0, 0.1) is 42.4 Å². The Bertz CT molecular complexity index is 1250. The number of likely N-dealkylation sites (tertiary alicyclic amines) is 1. The van der Waals surface area contributed by atoms with E-state index in [-0.39, 0.29) is 40.1 Å². The molecule has 40 heavy (non-hydrogen) atoms. The Kier molecular flexibility index (Phi) is 8.52. The van der Waals surface area contributed by atoms with Crippen LogP contribution in [-0.2, 0) is 24.2 Å². The maximum atomic E-state index is 13.8. The predicted molar refractivity (Wildman–Crippen MR) is 156 cm³/mol. The van der Waals surface area contributed by atoms with Gasteiger partial charge < -0.3 is 10.4 Å². The maximum absolute atomic E-state index is 13.8. The second-order valence-corrected chi connectivity index (χ2v) is 14.3. The molecule has 0 radical (unpaired) electrons. The minimum Gasteiger partial charge on any atom is -0.481 e. The fourth-order valence-electron chi connectivity index (χ4n) is 8.00. The van der Waals surface area contributed by atoms with E-state index in [1.165, 1.54) is 0 Å². The largest absolute Gasteiger partial charge is 0.481 e. The van der Waals surface area contributed by atoms with Crippen molar-refractivity contribution in [1.82, 2.24) is 19.8 Å². The molecule has 2 aliphatic carbocycles. The third-order valence-electron chi connectivity index (χ3n) is 10.1. The van der Waals surface area contributed by atoms with Gasteiger partial charge >= 0.3 is 5.97 Å². The first-order chi connectivity index (χ1) is 19.3. The Morgan fingerprint density at radius 2 is 2.10 bits per heavy atom. The number of nitrogens with one attached hydrogen (secondary N) is 1. The standard InChI is InChI=1S/C30H40ClFN4O3S/c1-17-34-26-7-6-21(35-12-9-20(32)15-35)14-24(26)29(37)36(17)11-2-3-18-4-5-19(31)13-23(18)22-8-10-33-27-25(30(38)39)16-40-28(22)27/h18-23,25,27-28,33H,4-16H2,1H3,(H,38,39)/t18?,19?,20-,21-,22?,23?,25?,27?,28?/m1/s1. The predicted octanol–water partition coefficient (Wildman–Crippen LogP) is 3.27. The van der Waals surface area contributed by atoms with E-state index in [1.807, 2.05) is 6.92 Å². The molecule has 4 fully saturated rings. The molecule has 1 aromatic rings. The van der Waals surface area contributed by atoms with Gasteiger partial charge in [-0.1, -0.05) is 11.8 Å². The number of carboxylic acid groups (broad SMARTS) is 1. The molecule has 7 unspecified atom stereocenters. The summed E-state index contributed by atoms with van der Waals surface area (Å²) in [6, 6.07) is 0.216. The molecule has 0 bridgehead atoms. The van der Waals surface area contributed by atoms with E-state index >= 15 is 0 Å². The second kappa shape index (κ2) is 11.9. The number of piperidine rings is 1. The molecule has 5 aliphatic rings. The molecule has 10 heteroatoms. The highest BCUT2D eigenvalue weighted by molar-refractivity contribution is 8.00. The first kappa shape index (κ1) is 28.5. The number of fused-ring (bicyclic) bond motifs is 2. The molecule has 7 nitrogen and oxygen atoms in total. The lowest BCUT2D eigenvalue weighted by Gasteiger charge is -2.44. The summed E-state index contributed by atoms with van der Waals surface area (Å²) in [4.78, 5) is 32.4. The van der Waals surface area contributed by atoms with Crippen molar-refractivity contribution in [2.75, 3.05) is 25.4 Å². The smallest absolute Gasteiger partial charge is 0.308 e. The zero-order valence-electron chi connectivity index (χ0n) is 23.2. The van der Waals surface area contributed by atoms with Crippen LogP contribution < -0.4 is 10.9 Å². The highest BCUT2D eigenvalue weighted by atomic mass is 35.5. The molecule has 6 rings (SSSR count). The normalized spacial score (nSPS) is 37.8. The molecule has 0 aromatic carbocycles. The van der Waals surface area contributed by atoms with E-state index in [2.05, 4.69) is 22.1 Å². The topological polar surface area (TPSA) is 87.5 Å². The molecule has 4 heterocycles. The molecule has 2 N–H and O–H groups in total. The van der Waals surface area contributed by atoms with Gasteiger partial charge in [-0.15, -0.1) is 11.6 Å². The SMILES string of the molecule is Cc1nc2c(c(=O)n1CC#CC1CCC(Cl)CC1C1CCNC3C(C(=O)O)CSC13)C[C@H](N1CC[C@@H](F)C1)CC2. The maximum Gasteiger partial charge on any atom is 0.308 e. The Morgan fingerprint density at radius 3 is 2.88 bits per heavy atom. The van der Waals surface area contributed by atoms with Crippen molar-refractivity contribution < 1.29 is 14.3 Å². The number of rotatable bonds is 4. The lowest BCUT2D eigenvalue weighted by Crippen LogP contribution is -2.53. The van der Waals surface area contributed by atoms with Gasteiger partial charge in [-0.3, -0.25) is 19.1 Å². The Hall–Kier alpha value is -1.60. The van der Waals surface area contributed by atoms with Crippen molar-refractivity contribution in [3.05, 3.63) is 27.4 Å². The van der Waals surface area contributed by atoms with Gasteiger partial charge in [0.05, 0.1) is 18.2 Å². The number of aliphatic carboxylic acids is 1. The third kappa shape index (κ3) is 5.58. The summed E-state index contributed by atoms with van der Waals surface area (Å²) < 4.78 is 15.5. The van der Waals surface area contributed by atoms with Crippen molar-refractivity contribution in [2.24, 2.45) is 23.7 Å². The van der Waals surface area contributed by atoms with Crippen LogP contribution in [0.2, 0.25) is 0 Å². The second-order valence-electron chi connectivity index (χ2n) is 12.4. The monoisotopic (exact) mass is 590 g/mol. The average molecular weight is 591 g/mol. The lowest BCUT2D eigenvalue weighted by molar-refractivity contribution is -0.141. The van der Waals surface area contributed by atoms with Crippen LogP contribution in [0.5, 0.6) is 0 Å². The minimum absolute atomic E-state index is 0.00164. The Labute approximate surface area is 245 Å². The van der Waals surface area contributed by atoms with Crippen LogP contribution in [0.3, 0.4) is 0 Å². The minimum atomic E-state index is -0.760. The molecular formula is C30H40ClFN4O3S. The molecular weight excluding hydrogens is 551 g/mol.